The van der Waals surface area contributed by atoms with Crippen LogP contribution >= 0.6 is 0 Å². The molecule has 1 nitrogen and oxygen atoms in total. The van der Waals surface area contributed by atoms with Gasteiger partial charge in [0.05, 0.1) is 6.54 Å². The molecular formula is C8H10N. The van der Waals surface area contributed by atoms with Crippen LogP contribution in [0.1, 0.15) is 6.42 Å². The van der Waals surface area contributed by atoms with Gasteiger partial charge in [-0.1, -0.05) is 6.08 Å². The zero-order chi connectivity index (χ0) is 6.53. The van der Waals surface area contributed by atoms with Crippen LogP contribution in [-0.4, -0.2) is 4.57 Å². The van der Waals surface area contributed by atoms with Gasteiger partial charge in [0.2, 0.25) is 0 Å². The van der Waals surface area contributed by atoms with E-state index in [1.165, 1.54) is 0 Å². The van der Waals surface area contributed by atoms with Crippen LogP contribution in [0.4, 0.5) is 0 Å². The summed E-state index contributed by atoms with van der Waals surface area (Å²) in [7, 11) is 0. The number of hydrogen-bond donors (Lipinski definition) is 0. The Labute approximate surface area is 55.6 Å². The summed E-state index contributed by atoms with van der Waals surface area (Å²) in [6, 6.07) is 4.00. The average molecular weight is 120 g/mol. The zero-order valence-corrected chi connectivity index (χ0v) is 5.33. The zero-order valence-electron chi connectivity index (χ0n) is 5.33. The van der Waals surface area contributed by atoms with Crippen molar-refractivity contribution in [3.05, 3.63) is 43.7 Å². The number of nitrogens with zero attached hydrogens (tertiary/aromatic N) is 1. The lowest BCUT2D eigenvalue weighted by molar-refractivity contribution is 0.921. The van der Waals surface area contributed by atoms with Crippen LogP contribution < -0.4 is 0 Å². The van der Waals surface area contributed by atoms with E-state index in [2.05, 4.69) is 13.1 Å². The fraction of sp³-hybridized carbons (Fsp3) is 0.125. The molecule has 1 heteroatoms. The molecule has 0 bridgehead atoms. The predicted molar refractivity (Wildman–Crippen MR) is 38.9 cm³/mol. The minimum Gasteiger partial charge on any atom is -0.349 e. The molecule has 0 amide bonds. The molecule has 0 aliphatic heterocycles. The second kappa shape index (κ2) is 3.13. The lowest BCUT2D eigenvalue weighted by Gasteiger charge is -1.94. The van der Waals surface area contributed by atoms with E-state index in [0.717, 1.165) is 6.42 Å². The molecule has 0 spiro atoms. The van der Waals surface area contributed by atoms with Gasteiger partial charge in [0.25, 0.3) is 0 Å². The Balaban J connectivity index is 2.38. The molecule has 1 aromatic rings. The van der Waals surface area contributed by atoms with Gasteiger partial charge in [0, 0.05) is 12.4 Å². The van der Waals surface area contributed by atoms with E-state index in [9.17, 15) is 0 Å². The third kappa shape index (κ3) is 1.76. The van der Waals surface area contributed by atoms with Gasteiger partial charge in [-0.05, 0) is 18.6 Å². The van der Waals surface area contributed by atoms with Crippen LogP contribution in [-0.2, 0) is 0 Å². The number of rotatable bonds is 3. The largest absolute Gasteiger partial charge is 0.349 e. The van der Waals surface area contributed by atoms with Gasteiger partial charge in [-0.2, -0.15) is 0 Å². The van der Waals surface area contributed by atoms with Crippen molar-refractivity contribution in [1.82, 2.24) is 4.57 Å². The van der Waals surface area contributed by atoms with Crippen LogP contribution in [0.5, 0.6) is 0 Å². The van der Waals surface area contributed by atoms with Gasteiger partial charge in [-0.15, -0.1) is 6.58 Å². The van der Waals surface area contributed by atoms with Crippen LogP contribution in [0.3, 0.4) is 0 Å². The molecule has 0 atom stereocenters. The summed E-state index contributed by atoms with van der Waals surface area (Å²) in [6.45, 7) is 5.68. The van der Waals surface area contributed by atoms with E-state index in [4.69, 9.17) is 0 Å². The van der Waals surface area contributed by atoms with E-state index < -0.39 is 0 Å². The number of aromatic nitrogens is 1. The van der Waals surface area contributed by atoms with Crippen molar-refractivity contribution in [1.29, 1.82) is 0 Å². The Morgan fingerprint density at radius 1 is 1.33 bits per heavy atom. The third-order valence-electron chi connectivity index (χ3n) is 1.11. The smallest absolute Gasteiger partial charge is 0.0575 e. The number of hydrogen-bond acceptors (Lipinski definition) is 0. The first-order chi connectivity index (χ1) is 4.43. The summed E-state index contributed by atoms with van der Waals surface area (Å²) in [5, 5.41) is 0. The van der Waals surface area contributed by atoms with Crippen molar-refractivity contribution >= 4 is 0 Å². The maximum atomic E-state index is 3.62. The summed E-state index contributed by atoms with van der Waals surface area (Å²) in [6.07, 6.45) is 6.81. The molecule has 9 heavy (non-hydrogen) atoms. The van der Waals surface area contributed by atoms with Crippen LogP contribution in [0.25, 0.3) is 0 Å². The Bertz CT molecular complexity index is 163. The standard InChI is InChI=1S/C8H10N/c1-2-3-6-9-7-4-5-8-9/h2,4-8H,1,3H2. The highest BCUT2D eigenvalue weighted by Crippen LogP contribution is 1.94. The second-order valence-electron chi connectivity index (χ2n) is 1.84. The normalized spacial score (nSPS) is 9.33. The Morgan fingerprint density at radius 2 is 2.00 bits per heavy atom. The van der Waals surface area contributed by atoms with Gasteiger partial charge in [-0.3, -0.25) is 0 Å². The summed E-state index contributed by atoms with van der Waals surface area (Å²) in [5.74, 6) is 0. The van der Waals surface area contributed by atoms with Gasteiger partial charge >= 0.3 is 0 Å². The first-order valence-electron chi connectivity index (χ1n) is 3.00. The molecule has 1 rings (SSSR count). The van der Waals surface area contributed by atoms with Gasteiger partial charge in [0.15, 0.2) is 0 Å². The fourth-order valence-electron chi connectivity index (χ4n) is 0.666. The average Bonchev–Trinajstić information content (AvgIpc) is 2.34. The van der Waals surface area contributed by atoms with Crippen molar-refractivity contribution in [2.24, 2.45) is 0 Å². The highest BCUT2D eigenvalue weighted by atomic mass is 14.9. The molecule has 1 aromatic heterocycles. The van der Waals surface area contributed by atoms with E-state index in [1.807, 2.05) is 35.2 Å². The summed E-state index contributed by atoms with van der Waals surface area (Å²) in [4.78, 5) is 0. The Morgan fingerprint density at radius 3 is 2.56 bits per heavy atom. The maximum Gasteiger partial charge on any atom is 0.0575 e. The lowest BCUT2D eigenvalue weighted by atomic mass is 10.4. The monoisotopic (exact) mass is 120 g/mol. The quantitative estimate of drug-likeness (QED) is 0.538. The van der Waals surface area contributed by atoms with Crippen LogP contribution in [0.2, 0.25) is 0 Å². The van der Waals surface area contributed by atoms with Gasteiger partial charge < -0.3 is 4.57 Å². The molecule has 0 saturated carbocycles. The van der Waals surface area contributed by atoms with Crippen LogP contribution in [0.15, 0.2) is 37.2 Å². The van der Waals surface area contributed by atoms with Gasteiger partial charge in [0.1, 0.15) is 0 Å². The van der Waals surface area contributed by atoms with Crippen molar-refractivity contribution in [3.8, 4) is 0 Å². The van der Waals surface area contributed by atoms with Gasteiger partial charge in [-0.25, -0.2) is 0 Å². The van der Waals surface area contributed by atoms with Crippen molar-refractivity contribution in [3.63, 3.8) is 0 Å². The molecule has 0 unspecified atom stereocenters. The minimum atomic E-state index is 0.925. The molecule has 0 aliphatic rings. The maximum absolute atomic E-state index is 3.62. The van der Waals surface area contributed by atoms with Crippen LogP contribution in [0, 0.1) is 6.54 Å². The third-order valence-corrected chi connectivity index (χ3v) is 1.11. The first-order valence-corrected chi connectivity index (χ1v) is 3.00. The second-order valence-corrected chi connectivity index (χ2v) is 1.84. The minimum absolute atomic E-state index is 0.925. The molecule has 47 valence electrons. The fourth-order valence-corrected chi connectivity index (χ4v) is 0.666. The summed E-state index contributed by atoms with van der Waals surface area (Å²) < 4.78 is 2.02. The molecule has 0 aliphatic carbocycles. The molecular weight excluding hydrogens is 110 g/mol. The molecule has 0 fully saturated rings. The number of allylic oxidation sites excluding steroid dienone is 1. The summed E-state index contributed by atoms with van der Waals surface area (Å²) in [5.41, 5.74) is 0. The Hall–Kier alpha value is -0.980. The molecule has 0 N–H and O–H groups in total. The molecule has 0 saturated heterocycles. The topological polar surface area (TPSA) is 4.93 Å². The van der Waals surface area contributed by atoms with E-state index >= 15 is 0 Å². The van der Waals surface area contributed by atoms with Crippen molar-refractivity contribution < 1.29 is 0 Å². The molecule has 1 heterocycles. The van der Waals surface area contributed by atoms with E-state index in [0.29, 0.717) is 0 Å². The lowest BCUT2D eigenvalue weighted by Crippen LogP contribution is -1.86. The van der Waals surface area contributed by atoms with Crippen molar-refractivity contribution in [2.45, 2.75) is 6.42 Å². The highest BCUT2D eigenvalue weighted by Gasteiger charge is 1.83. The predicted octanol–water partition coefficient (Wildman–Crippen LogP) is 2.07. The molecule has 0 aromatic carbocycles. The highest BCUT2D eigenvalue weighted by molar-refractivity contribution is 4.95. The van der Waals surface area contributed by atoms with Crippen molar-refractivity contribution in [2.75, 3.05) is 0 Å². The SMILES string of the molecule is C=CC[CH]n1cccc1. The summed E-state index contributed by atoms with van der Waals surface area (Å²) >= 11 is 0. The first kappa shape index (κ1) is 6.14. The Kier molecular flexibility index (Phi) is 2.13. The van der Waals surface area contributed by atoms with E-state index in [-0.39, 0.29) is 0 Å². The molecule has 1 radical (unpaired) electrons. The van der Waals surface area contributed by atoms with E-state index in [1.54, 1.807) is 0 Å².